The summed E-state index contributed by atoms with van der Waals surface area (Å²) >= 11 is 0. The van der Waals surface area contributed by atoms with Gasteiger partial charge in [0.15, 0.2) is 0 Å². The zero-order valence-corrected chi connectivity index (χ0v) is 15.5. The van der Waals surface area contributed by atoms with Crippen LogP contribution in [0.3, 0.4) is 0 Å². The predicted molar refractivity (Wildman–Crippen MR) is 109 cm³/mol. The fraction of sp³-hybridized carbons (Fsp3) is 0.318. The summed E-state index contributed by atoms with van der Waals surface area (Å²) in [5.74, 6) is 1.31. The van der Waals surface area contributed by atoms with Gasteiger partial charge in [0, 0.05) is 42.7 Å². The lowest BCUT2D eigenvalue weighted by atomic mass is 9.98. The summed E-state index contributed by atoms with van der Waals surface area (Å²) in [4.78, 5) is 4.93. The normalized spacial score (nSPS) is 12.9. The van der Waals surface area contributed by atoms with Crippen LogP contribution in [0.4, 0.5) is 0 Å². The van der Waals surface area contributed by atoms with Gasteiger partial charge >= 0.3 is 0 Å². The number of hydrogen-bond donors (Lipinski definition) is 1. The fourth-order valence-electron chi connectivity index (χ4n) is 4.03. The summed E-state index contributed by atoms with van der Waals surface area (Å²) in [6, 6.07) is 17.0. The van der Waals surface area contributed by atoms with Crippen LogP contribution in [0.15, 0.2) is 54.7 Å². The van der Waals surface area contributed by atoms with Crippen molar-refractivity contribution in [2.75, 3.05) is 6.54 Å². The molecule has 0 saturated carbocycles. The molecule has 26 heavy (non-hydrogen) atoms. The van der Waals surface area contributed by atoms with E-state index in [0.717, 1.165) is 30.9 Å². The minimum Gasteiger partial charge on any atom is -0.347 e. The van der Waals surface area contributed by atoms with Crippen LogP contribution in [-0.2, 0) is 19.5 Å². The standard InChI is InChI=1S/C22H26N4/c1-3-25-15-17(18-9-5-7-11-20(18)25)13-16(14-23)22-24-19-10-6-8-12-21(19)26(22)4-2/h5-12,15-16H,3-4,13-14,23H2,1-2H3. The quantitative estimate of drug-likeness (QED) is 0.565. The van der Waals surface area contributed by atoms with Crippen molar-refractivity contribution >= 4 is 21.9 Å². The van der Waals surface area contributed by atoms with E-state index in [9.17, 15) is 0 Å². The summed E-state index contributed by atoms with van der Waals surface area (Å²) in [6.07, 6.45) is 3.19. The van der Waals surface area contributed by atoms with Gasteiger partial charge in [-0.15, -0.1) is 0 Å². The SMILES string of the molecule is CCn1cc(CC(CN)c2nc3ccccc3n2CC)c2ccccc21. The monoisotopic (exact) mass is 346 g/mol. The Balaban J connectivity index is 1.78. The van der Waals surface area contributed by atoms with Gasteiger partial charge in [0.1, 0.15) is 5.82 Å². The van der Waals surface area contributed by atoms with Crippen LogP contribution in [-0.4, -0.2) is 20.7 Å². The molecular weight excluding hydrogens is 320 g/mol. The van der Waals surface area contributed by atoms with E-state index in [-0.39, 0.29) is 5.92 Å². The zero-order valence-electron chi connectivity index (χ0n) is 15.5. The molecule has 4 heteroatoms. The Morgan fingerprint density at radius 3 is 2.42 bits per heavy atom. The predicted octanol–water partition coefficient (Wildman–Crippen LogP) is 4.32. The maximum absolute atomic E-state index is 6.22. The van der Waals surface area contributed by atoms with E-state index in [0.29, 0.717) is 6.54 Å². The van der Waals surface area contributed by atoms with E-state index in [2.05, 4.69) is 71.6 Å². The smallest absolute Gasteiger partial charge is 0.114 e. The molecule has 4 nitrogen and oxygen atoms in total. The van der Waals surface area contributed by atoms with Crippen molar-refractivity contribution in [2.45, 2.75) is 39.3 Å². The number of hydrogen-bond acceptors (Lipinski definition) is 2. The van der Waals surface area contributed by atoms with E-state index in [4.69, 9.17) is 10.7 Å². The fourth-order valence-corrected chi connectivity index (χ4v) is 4.03. The van der Waals surface area contributed by atoms with Crippen molar-refractivity contribution in [3.05, 3.63) is 66.1 Å². The Hall–Kier alpha value is -2.59. The molecule has 0 fully saturated rings. The van der Waals surface area contributed by atoms with Crippen molar-refractivity contribution < 1.29 is 0 Å². The number of imidazole rings is 1. The second kappa shape index (κ2) is 6.96. The van der Waals surface area contributed by atoms with Crippen molar-refractivity contribution in [2.24, 2.45) is 5.73 Å². The first-order valence-electron chi connectivity index (χ1n) is 9.48. The molecule has 4 rings (SSSR count). The molecular formula is C22H26N4. The first-order valence-corrected chi connectivity index (χ1v) is 9.48. The van der Waals surface area contributed by atoms with E-state index in [1.54, 1.807) is 0 Å². The summed E-state index contributed by atoms with van der Waals surface area (Å²) in [6.45, 7) is 6.83. The van der Waals surface area contributed by atoms with Crippen LogP contribution in [0.5, 0.6) is 0 Å². The number of rotatable bonds is 6. The molecule has 0 spiro atoms. The topological polar surface area (TPSA) is 48.8 Å². The minimum atomic E-state index is 0.207. The maximum Gasteiger partial charge on any atom is 0.114 e. The molecule has 0 saturated heterocycles. The molecule has 1 unspecified atom stereocenters. The Morgan fingerprint density at radius 1 is 0.962 bits per heavy atom. The Labute approximate surface area is 154 Å². The Bertz CT molecular complexity index is 1040. The summed E-state index contributed by atoms with van der Waals surface area (Å²) < 4.78 is 4.63. The molecule has 134 valence electrons. The second-order valence-corrected chi connectivity index (χ2v) is 6.80. The van der Waals surface area contributed by atoms with Crippen LogP contribution >= 0.6 is 0 Å². The lowest BCUT2D eigenvalue weighted by Gasteiger charge is -2.16. The molecule has 1 atom stereocenters. The first-order chi connectivity index (χ1) is 12.8. The van der Waals surface area contributed by atoms with E-state index >= 15 is 0 Å². The third-order valence-electron chi connectivity index (χ3n) is 5.33. The third kappa shape index (κ3) is 2.71. The summed E-state index contributed by atoms with van der Waals surface area (Å²) in [7, 11) is 0. The van der Waals surface area contributed by atoms with Gasteiger partial charge in [-0.1, -0.05) is 30.3 Å². The van der Waals surface area contributed by atoms with Crippen molar-refractivity contribution in [3.63, 3.8) is 0 Å². The van der Waals surface area contributed by atoms with E-state index < -0.39 is 0 Å². The van der Waals surface area contributed by atoms with Gasteiger partial charge in [0.2, 0.25) is 0 Å². The van der Waals surface area contributed by atoms with Gasteiger partial charge in [0.05, 0.1) is 11.0 Å². The number of fused-ring (bicyclic) bond motifs is 2. The number of aryl methyl sites for hydroxylation is 2. The number of para-hydroxylation sites is 3. The second-order valence-electron chi connectivity index (χ2n) is 6.80. The average molecular weight is 346 g/mol. The van der Waals surface area contributed by atoms with Gasteiger partial charge in [-0.05, 0) is 44.0 Å². The van der Waals surface area contributed by atoms with Gasteiger partial charge in [0.25, 0.3) is 0 Å². The summed E-state index contributed by atoms with van der Waals surface area (Å²) in [5, 5.41) is 1.33. The van der Waals surface area contributed by atoms with Crippen LogP contribution in [0.2, 0.25) is 0 Å². The summed E-state index contributed by atoms with van der Waals surface area (Å²) in [5.41, 5.74) is 11.1. The Morgan fingerprint density at radius 2 is 1.69 bits per heavy atom. The highest BCUT2D eigenvalue weighted by atomic mass is 15.1. The molecule has 0 aliphatic carbocycles. The highest BCUT2D eigenvalue weighted by molar-refractivity contribution is 5.84. The first kappa shape index (κ1) is 16.9. The van der Waals surface area contributed by atoms with Crippen LogP contribution in [0.1, 0.15) is 31.2 Å². The number of aromatic nitrogens is 3. The van der Waals surface area contributed by atoms with Crippen LogP contribution < -0.4 is 5.73 Å². The molecule has 2 aromatic carbocycles. The van der Waals surface area contributed by atoms with Gasteiger partial charge in [-0.3, -0.25) is 0 Å². The molecule has 0 aliphatic rings. The number of benzene rings is 2. The Kier molecular flexibility index (Phi) is 4.51. The molecule has 0 amide bonds. The lowest BCUT2D eigenvalue weighted by Crippen LogP contribution is -2.19. The number of nitrogens with zero attached hydrogens (tertiary/aromatic N) is 3. The highest BCUT2D eigenvalue weighted by Gasteiger charge is 2.21. The number of nitrogens with two attached hydrogens (primary N) is 1. The van der Waals surface area contributed by atoms with Crippen molar-refractivity contribution in [1.29, 1.82) is 0 Å². The van der Waals surface area contributed by atoms with Gasteiger partial charge < -0.3 is 14.9 Å². The van der Waals surface area contributed by atoms with Gasteiger partial charge in [-0.25, -0.2) is 4.98 Å². The third-order valence-corrected chi connectivity index (χ3v) is 5.33. The molecule has 0 aliphatic heterocycles. The maximum atomic E-state index is 6.22. The van der Waals surface area contributed by atoms with Crippen molar-refractivity contribution in [3.8, 4) is 0 Å². The van der Waals surface area contributed by atoms with E-state index in [1.165, 1.54) is 22.0 Å². The largest absolute Gasteiger partial charge is 0.347 e. The van der Waals surface area contributed by atoms with Crippen molar-refractivity contribution in [1.82, 2.24) is 14.1 Å². The molecule has 0 radical (unpaired) electrons. The minimum absolute atomic E-state index is 0.207. The van der Waals surface area contributed by atoms with Gasteiger partial charge in [-0.2, -0.15) is 0 Å². The zero-order chi connectivity index (χ0) is 18.1. The molecule has 0 bridgehead atoms. The van der Waals surface area contributed by atoms with E-state index in [1.807, 2.05) is 6.07 Å². The average Bonchev–Trinajstić information content (AvgIpc) is 3.24. The molecule has 2 aromatic heterocycles. The lowest BCUT2D eigenvalue weighted by molar-refractivity contribution is 0.598. The molecule has 2 heterocycles. The van der Waals surface area contributed by atoms with Crippen LogP contribution in [0.25, 0.3) is 21.9 Å². The highest BCUT2D eigenvalue weighted by Crippen LogP contribution is 2.29. The molecule has 2 N–H and O–H groups in total. The molecule has 4 aromatic rings. The van der Waals surface area contributed by atoms with Crippen LogP contribution in [0, 0.1) is 0 Å².